The SMILES string of the molecule is N[C@@H]1CC[C@@H](C(=O)N2C[C@H](CCN3CCCC3=O)c3ccccc32)C1. The molecule has 134 valence electrons. The number of hydrogen-bond acceptors (Lipinski definition) is 3. The van der Waals surface area contributed by atoms with E-state index in [9.17, 15) is 9.59 Å². The fourth-order valence-electron chi connectivity index (χ4n) is 4.66. The molecule has 1 aromatic carbocycles. The van der Waals surface area contributed by atoms with Gasteiger partial charge < -0.3 is 15.5 Å². The van der Waals surface area contributed by atoms with Crippen LogP contribution in [0.2, 0.25) is 0 Å². The zero-order valence-corrected chi connectivity index (χ0v) is 14.7. The number of rotatable bonds is 4. The average molecular weight is 341 g/mol. The Morgan fingerprint density at radius 1 is 1.24 bits per heavy atom. The van der Waals surface area contributed by atoms with Crippen LogP contribution >= 0.6 is 0 Å². The molecule has 2 heterocycles. The average Bonchev–Trinajstić information content (AvgIpc) is 3.31. The molecule has 0 unspecified atom stereocenters. The predicted molar refractivity (Wildman–Crippen MR) is 97.3 cm³/mol. The van der Waals surface area contributed by atoms with E-state index in [1.807, 2.05) is 21.9 Å². The minimum atomic E-state index is 0.0713. The third-order valence-corrected chi connectivity index (χ3v) is 6.08. The monoisotopic (exact) mass is 341 g/mol. The summed E-state index contributed by atoms with van der Waals surface area (Å²) in [6.45, 7) is 2.43. The normalized spacial score (nSPS) is 28.7. The standard InChI is InChI=1S/C20H27N3O2/c21-16-8-7-14(12-16)20(25)23-13-15(17-4-1-2-5-18(17)23)9-11-22-10-3-6-19(22)24/h1-2,4-5,14-16H,3,6-13,21H2/t14-,15+,16-/m1/s1. The summed E-state index contributed by atoms with van der Waals surface area (Å²) >= 11 is 0. The molecule has 0 radical (unpaired) electrons. The molecule has 1 saturated carbocycles. The molecule has 2 fully saturated rings. The molecule has 0 bridgehead atoms. The Morgan fingerprint density at radius 3 is 2.80 bits per heavy atom. The van der Waals surface area contributed by atoms with Crippen molar-refractivity contribution in [3.8, 4) is 0 Å². The highest BCUT2D eigenvalue weighted by Crippen LogP contribution is 2.40. The zero-order chi connectivity index (χ0) is 17.4. The number of fused-ring (bicyclic) bond motifs is 1. The summed E-state index contributed by atoms with van der Waals surface area (Å²) in [5.41, 5.74) is 8.32. The van der Waals surface area contributed by atoms with Crippen molar-refractivity contribution in [3.63, 3.8) is 0 Å². The Bertz CT molecular complexity index is 675. The highest BCUT2D eigenvalue weighted by Gasteiger charge is 2.37. The summed E-state index contributed by atoms with van der Waals surface area (Å²) in [5.74, 6) is 0.907. The molecule has 3 atom stereocenters. The predicted octanol–water partition coefficient (Wildman–Crippen LogP) is 2.26. The van der Waals surface area contributed by atoms with Crippen LogP contribution < -0.4 is 10.6 Å². The van der Waals surface area contributed by atoms with Crippen molar-refractivity contribution >= 4 is 17.5 Å². The Balaban J connectivity index is 1.47. The van der Waals surface area contributed by atoms with Gasteiger partial charge in [-0.15, -0.1) is 0 Å². The first-order valence-corrected chi connectivity index (χ1v) is 9.57. The number of carbonyl (C=O) groups excluding carboxylic acids is 2. The quantitative estimate of drug-likeness (QED) is 0.913. The van der Waals surface area contributed by atoms with Gasteiger partial charge in [-0.1, -0.05) is 18.2 Å². The molecule has 2 amide bonds. The van der Waals surface area contributed by atoms with Crippen molar-refractivity contribution in [3.05, 3.63) is 29.8 Å². The van der Waals surface area contributed by atoms with Crippen LogP contribution in [0.1, 0.15) is 50.0 Å². The van der Waals surface area contributed by atoms with Gasteiger partial charge in [-0.2, -0.15) is 0 Å². The molecule has 5 heteroatoms. The number of benzene rings is 1. The second-order valence-corrected chi connectivity index (χ2v) is 7.75. The van der Waals surface area contributed by atoms with E-state index in [1.165, 1.54) is 5.56 Å². The Kier molecular flexibility index (Phi) is 4.50. The van der Waals surface area contributed by atoms with Crippen LogP contribution in [0.4, 0.5) is 5.69 Å². The highest BCUT2D eigenvalue weighted by molar-refractivity contribution is 5.97. The molecular formula is C20H27N3O2. The fraction of sp³-hybridized carbons (Fsp3) is 0.600. The van der Waals surface area contributed by atoms with Gasteiger partial charge in [-0.05, 0) is 43.7 Å². The van der Waals surface area contributed by atoms with Crippen LogP contribution in [-0.4, -0.2) is 42.4 Å². The molecule has 1 saturated heterocycles. The van der Waals surface area contributed by atoms with E-state index in [-0.39, 0.29) is 23.8 Å². The second kappa shape index (κ2) is 6.79. The lowest BCUT2D eigenvalue weighted by Crippen LogP contribution is -2.35. The van der Waals surface area contributed by atoms with Crippen molar-refractivity contribution in [2.75, 3.05) is 24.5 Å². The molecule has 5 nitrogen and oxygen atoms in total. The minimum absolute atomic E-state index is 0.0713. The maximum Gasteiger partial charge on any atom is 0.230 e. The van der Waals surface area contributed by atoms with Crippen molar-refractivity contribution in [2.24, 2.45) is 11.7 Å². The van der Waals surface area contributed by atoms with Crippen molar-refractivity contribution in [2.45, 2.75) is 50.5 Å². The fourth-order valence-corrected chi connectivity index (χ4v) is 4.66. The third kappa shape index (κ3) is 3.17. The number of nitrogens with two attached hydrogens (primary N) is 1. The van der Waals surface area contributed by atoms with Crippen LogP contribution in [-0.2, 0) is 9.59 Å². The first-order chi connectivity index (χ1) is 12.1. The van der Waals surface area contributed by atoms with Gasteiger partial charge in [-0.3, -0.25) is 9.59 Å². The van der Waals surface area contributed by atoms with E-state index < -0.39 is 0 Å². The molecule has 2 aliphatic heterocycles. The Labute approximate surface area is 149 Å². The molecular weight excluding hydrogens is 314 g/mol. The van der Waals surface area contributed by atoms with E-state index in [0.717, 1.165) is 57.4 Å². The number of likely N-dealkylation sites (tertiary alicyclic amines) is 1. The topological polar surface area (TPSA) is 66.6 Å². The van der Waals surface area contributed by atoms with Gasteiger partial charge in [0.25, 0.3) is 0 Å². The molecule has 25 heavy (non-hydrogen) atoms. The van der Waals surface area contributed by atoms with Gasteiger partial charge >= 0.3 is 0 Å². The van der Waals surface area contributed by atoms with Gasteiger partial charge in [0.1, 0.15) is 0 Å². The van der Waals surface area contributed by atoms with Crippen molar-refractivity contribution < 1.29 is 9.59 Å². The first-order valence-electron chi connectivity index (χ1n) is 9.57. The summed E-state index contributed by atoms with van der Waals surface area (Å²) < 4.78 is 0. The van der Waals surface area contributed by atoms with E-state index >= 15 is 0 Å². The maximum absolute atomic E-state index is 13.0. The van der Waals surface area contributed by atoms with Crippen LogP contribution in [0.15, 0.2) is 24.3 Å². The largest absolute Gasteiger partial charge is 0.343 e. The van der Waals surface area contributed by atoms with E-state index in [0.29, 0.717) is 12.3 Å². The summed E-state index contributed by atoms with van der Waals surface area (Å²) in [5, 5.41) is 0. The van der Waals surface area contributed by atoms with E-state index in [2.05, 4.69) is 12.1 Å². The van der Waals surface area contributed by atoms with E-state index in [4.69, 9.17) is 5.73 Å². The number of hydrogen-bond donors (Lipinski definition) is 1. The number of para-hydroxylation sites is 1. The van der Waals surface area contributed by atoms with E-state index in [1.54, 1.807) is 0 Å². The van der Waals surface area contributed by atoms with Gasteiger partial charge in [-0.25, -0.2) is 0 Å². The molecule has 2 N–H and O–H groups in total. The lowest BCUT2D eigenvalue weighted by atomic mass is 9.98. The molecule has 3 aliphatic rings. The molecule has 1 aliphatic carbocycles. The Hall–Kier alpha value is -1.88. The molecule has 0 aromatic heterocycles. The van der Waals surface area contributed by atoms with Crippen LogP contribution in [0, 0.1) is 5.92 Å². The van der Waals surface area contributed by atoms with Gasteiger partial charge in [0.15, 0.2) is 0 Å². The van der Waals surface area contributed by atoms with Crippen molar-refractivity contribution in [1.29, 1.82) is 0 Å². The van der Waals surface area contributed by atoms with Gasteiger partial charge in [0, 0.05) is 49.6 Å². The lowest BCUT2D eigenvalue weighted by Gasteiger charge is -2.22. The minimum Gasteiger partial charge on any atom is -0.343 e. The van der Waals surface area contributed by atoms with Crippen LogP contribution in [0.5, 0.6) is 0 Å². The molecule has 0 spiro atoms. The highest BCUT2D eigenvalue weighted by atomic mass is 16.2. The van der Waals surface area contributed by atoms with Crippen LogP contribution in [0.3, 0.4) is 0 Å². The van der Waals surface area contributed by atoms with Gasteiger partial charge in [0.05, 0.1) is 0 Å². The maximum atomic E-state index is 13.0. The number of amides is 2. The first kappa shape index (κ1) is 16.6. The zero-order valence-electron chi connectivity index (χ0n) is 14.7. The summed E-state index contributed by atoms with van der Waals surface area (Å²) in [4.78, 5) is 28.8. The van der Waals surface area contributed by atoms with Gasteiger partial charge in [0.2, 0.25) is 11.8 Å². The third-order valence-electron chi connectivity index (χ3n) is 6.08. The summed E-state index contributed by atoms with van der Waals surface area (Å²) in [6, 6.07) is 8.42. The summed E-state index contributed by atoms with van der Waals surface area (Å²) in [7, 11) is 0. The smallest absolute Gasteiger partial charge is 0.230 e. The van der Waals surface area contributed by atoms with Crippen LogP contribution in [0.25, 0.3) is 0 Å². The Morgan fingerprint density at radius 2 is 2.08 bits per heavy atom. The number of carbonyl (C=O) groups is 2. The van der Waals surface area contributed by atoms with Crippen molar-refractivity contribution in [1.82, 2.24) is 4.90 Å². The second-order valence-electron chi connectivity index (χ2n) is 7.75. The molecule has 1 aromatic rings. The summed E-state index contributed by atoms with van der Waals surface area (Å²) in [6.07, 6.45) is 5.26. The number of anilines is 1. The molecule has 4 rings (SSSR count). The number of nitrogens with zero attached hydrogens (tertiary/aromatic N) is 2. The lowest BCUT2D eigenvalue weighted by molar-refractivity contribution is -0.127.